The summed E-state index contributed by atoms with van der Waals surface area (Å²) in [5.74, 6) is -0.495. The number of amides is 1. The Bertz CT molecular complexity index is 576. The lowest BCUT2D eigenvalue weighted by Crippen LogP contribution is -2.58. The van der Waals surface area contributed by atoms with Crippen LogP contribution in [0.1, 0.15) is 5.56 Å². The average molecular weight is 255 g/mol. The van der Waals surface area contributed by atoms with Gasteiger partial charge in [0.05, 0.1) is 6.04 Å². The van der Waals surface area contributed by atoms with E-state index < -0.39 is 17.5 Å². The van der Waals surface area contributed by atoms with E-state index in [-0.39, 0.29) is 6.04 Å². The Kier molecular flexibility index (Phi) is 2.71. The van der Waals surface area contributed by atoms with E-state index in [0.29, 0.717) is 6.42 Å². The summed E-state index contributed by atoms with van der Waals surface area (Å²) in [5.41, 5.74) is 0.185. The molecule has 1 heterocycles. The number of allylic oxidation sites excluding steroid dienone is 2. The van der Waals surface area contributed by atoms with Crippen molar-refractivity contribution in [3.05, 3.63) is 60.2 Å². The lowest BCUT2D eigenvalue weighted by molar-refractivity contribution is -0.150. The van der Waals surface area contributed by atoms with Gasteiger partial charge in [0.25, 0.3) is 0 Å². The first-order chi connectivity index (χ1) is 9.21. The van der Waals surface area contributed by atoms with Gasteiger partial charge in [0.15, 0.2) is 0 Å². The van der Waals surface area contributed by atoms with E-state index in [2.05, 4.69) is 5.32 Å². The predicted octanol–water partition coefficient (Wildman–Crippen LogP) is 1.98. The highest BCUT2D eigenvalue weighted by molar-refractivity contribution is 5.94. The van der Waals surface area contributed by atoms with E-state index in [0.717, 1.165) is 5.56 Å². The molecule has 0 saturated carbocycles. The number of nitrogens with one attached hydrogen (secondary N) is 1. The van der Waals surface area contributed by atoms with Gasteiger partial charge in [0.2, 0.25) is 0 Å². The van der Waals surface area contributed by atoms with Crippen molar-refractivity contribution in [2.45, 2.75) is 12.5 Å². The summed E-state index contributed by atoms with van der Waals surface area (Å²) in [4.78, 5) is 23.5. The number of rotatable bonds is 2. The fraction of sp³-hybridized carbons (Fsp3) is 0.200. The first kappa shape index (κ1) is 11.7. The van der Waals surface area contributed by atoms with E-state index in [4.69, 9.17) is 4.74 Å². The van der Waals surface area contributed by atoms with Crippen LogP contribution in [0.5, 0.6) is 0 Å². The molecular weight excluding hydrogens is 242 g/mol. The van der Waals surface area contributed by atoms with Crippen LogP contribution in [0.25, 0.3) is 0 Å². The Labute approximate surface area is 110 Å². The molecule has 1 aromatic carbocycles. The highest BCUT2D eigenvalue weighted by atomic mass is 16.6. The molecule has 0 radical (unpaired) electrons. The van der Waals surface area contributed by atoms with Gasteiger partial charge < -0.3 is 10.1 Å². The van der Waals surface area contributed by atoms with Crippen LogP contribution in [-0.4, -0.2) is 18.1 Å². The Balaban J connectivity index is 1.98. The van der Waals surface area contributed by atoms with Gasteiger partial charge in [-0.3, -0.25) is 4.79 Å². The molecule has 0 aromatic heterocycles. The van der Waals surface area contributed by atoms with Crippen LogP contribution in [0.15, 0.2) is 54.6 Å². The number of ether oxygens (including phenoxy) is 1. The van der Waals surface area contributed by atoms with Crippen molar-refractivity contribution in [2.24, 2.45) is 5.41 Å². The second-order valence-electron chi connectivity index (χ2n) is 4.75. The monoisotopic (exact) mass is 255 g/mol. The summed E-state index contributed by atoms with van der Waals surface area (Å²) >= 11 is 0. The molecule has 1 amide bonds. The van der Waals surface area contributed by atoms with Gasteiger partial charge >= 0.3 is 12.1 Å². The van der Waals surface area contributed by atoms with Gasteiger partial charge in [0.1, 0.15) is 5.41 Å². The first-order valence-electron chi connectivity index (χ1n) is 6.13. The molecule has 2 atom stereocenters. The van der Waals surface area contributed by atoms with E-state index in [1.807, 2.05) is 54.6 Å². The van der Waals surface area contributed by atoms with Crippen molar-refractivity contribution in [1.82, 2.24) is 5.32 Å². The minimum atomic E-state index is -0.843. The summed E-state index contributed by atoms with van der Waals surface area (Å²) < 4.78 is 4.76. The number of hydrogen-bond donors (Lipinski definition) is 1. The van der Waals surface area contributed by atoms with Crippen LogP contribution in [0.3, 0.4) is 0 Å². The molecule has 1 aliphatic carbocycles. The first-order valence-corrected chi connectivity index (χ1v) is 6.13. The molecule has 1 aromatic rings. The number of fused-ring (bicyclic) bond motifs is 1. The second kappa shape index (κ2) is 4.39. The van der Waals surface area contributed by atoms with Crippen molar-refractivity contribution >= 4 is 12.1 Å². The van der Waals surface area contributed by atoms with E-state index in [9.17, 15) is 9.59 Å². The minimum Gasteiger partial charge on any atom is -0.376 e. The summed E-state index contributed by atoms with van der Waals surface area (Å²) in [5, 5.41) is 2.69. The number of carbonyl (C=O) groups excluding carboxylic acids is 2. The molecule has 0 spiro atoms. The van der Waals surface area contributed by atoms with Crippen molar-refractivity contribution in [3.63, 3.8) is 0 Å². The highest BCUT2D eigenvalue weighted by Crippen LogP contribution is 2.36. The molecule has 2 unspecified atom stereocenters. The van der Waals surface area contributed by atoms with E-state index >= 15 is 0 Å². The normalized spacial score (nSPS) is 28.5. The number of alkyl carbamates (subject to hydrolysis) is 1. The van der Waals surface area contributed by atoms with Gasteiger partial charge in [-0.15, -0.1) is 0 Å². The average Bonchev–Trinajstić information content (AvgIpc) is 2.41. The van der Waals surface area contributed by atoms with Gasteiger partial charge in [-0.05, 0) is 12.0 Å². The Morgan fingerprint density at radius 1 is 1.16 bits per heavy atom. The molecule has 0 bridgehead atoms. The quantitative estimate of drug-likeness (QED) is 0.649. The third-order valence-corrected chi connectivity index (χ3v) is 3.54. The SMILES string of the molecule is O=C1NC2C=CC=CC2(Cc2ccccc2)C(=O)O1. The molecule has 1 saturated heterocycles. The topological polar surface area (TPSA) is 55.4 Å². The number of hydrogen-bond acceptors (Lipinski definition) is 3. The standard InChI is InChI=1S/C15H13NO3/c17-13-15(10-11-6-2-1-3-7-11)9-5-4-8-12(15)16-14(18)19-13/h1-9,12H,10H2,(H,16,18). The second-order valence-corrected chi connectivity index (χ2v) is 4.75. The smallest absolute Gasteiger partial charge is 0.376 e. The fourth-order valence-corrected chi connectivity index (χ4v) is 2.56. The number of benzene rings is 1. The third kappa shape index (κ3) is 1.95. The summed E-state index contributed by atoms with van der Waals surface area (Å²) in [6.45, 7) is 0. The largest absolute Gasteiger partial charge is 0.415 e. The lowest BCUT2D eigenvalue weighted by Gasteiger charge is -2.39. The molecule has 1 fully saturated rings. The molecule has 2 aliphatic rings. The minimum absolute atomic E-state index is 0.355. The van der Waals surface area contributed by atoms with Gasteiger partial charge in [-0.25, -0.2) is 4.79 Å². The Morgan fingerprint density at radius 3 is 2.74 bits per heavy atom. The summed E-state index contributed by atoms with van der Waals surface area (Å²) in [6, 6.07) is 9.35. The van der Waals surface area contributed by atoms with Crippen LogP contribution in [0.4, 0.5) is 4.79 Å². The van der Waals surface area contributed by atoms with Crippen LogP contribution in [0, 0.1) is 5.41 Å². The zero-order valence-electron chi connectivity index (χ0n) is 10.2. The van der Waals surface area contributed by atoms with Crippen LogP contribution in [0.2, 0.25) is 0 Å². The Hall–Kier alpha value is -2.36. The fourth-order valence-electron chi connectivity index (χ4n) is 2.56. The van der Waals surface area contributed by atoms with Crippen molar-refractivity contribution in [3.8, 4) is 0 Å². The highest BCUT2D eigenvalue weighted by Gasteiger charge is 2.50. The summed E-state index contributed by atoms with van der Waals surface area (Å²) in [6.07, 6.45) is 7.09. The van der Waals surface area contributed by atoms with Crippen LogP contribution in [-0.2, 0) is 16.0 Å². The maximum atomic E-state index is 12.2. The summed E-state index contributed by atoms with van der Waals surface area (Å²) in [7, 11) is 0. The number of carbonyl (C=O) groups is 2. The van der Waals surface area contributed by atoms with E-state index in [1.165, 1.54) is 0 Å². The molecule has 19 heavy (non-hydrogen) atoms. The zero-order chi connectivity index (χ0) is 13.3. The predicted molar refractivity (Wildman–Crippen MR) is 69.3 cm³/mol. The Morgan fingerprint density at radius 2 is 1.95 bits per heavy atom. The molecule has 96 valence electrons. The third-order valence-electron chi connectivity index (χ3n) is 3.54. The molecular formula is C15H13NO3. The maximum absolute atomic E-state index is 12.2. The van der Waals surface area contributed by atoms with Crippen molar-refractivity contribution in [1.29, 1.82) is 0 Å². The van der Waals surface area contributed by atoms with E-state index in [1.54, 1.807) is 0 Å². The van der Waals surface area contributed by atoms with Gasteiger partial charge in [-0.2, -0.15) is 0 Å². The molecule has 1 aliphatic heterocycles. The number of cyclic esters (lactones) is 2. The zero-order valence-corrected chi connectivity index (χ0v) is 10.2. The van der Waals surface area contributed by atoms with Gasteiger partial charge in [0, 0.05) is 0 Å². The maximum Gasteiger partial charge on any atom is 0.415 e. The molecule has 3 rings (SSSR count). The van der Waals surface area contributed by atoms with Crippen molar-refractivity contribution in [2.75, 3.05) is 0 Å². The van der Waals surface area contributed by atoms with Crippen LogP contribution < -0.4 is 5.32 Å². The number of esters is 1. The van der Waals surface area contributed by atoms with Crippen molar-refractivity contribution < 1.29 is 14.3 Å². The molecule has 1 N–H and O–H groups in total. The van der Waals surface area contributed by atoms with Gasteiger partial charge in [-0.1, -0.05) is 54.6 Å². The molecule has 4 nitrogen and oxygen atoms in total. The lowest BCUT2D eigenvalue weighted by atomic mass is 9.72. The molecule has 4 heteroatoms. The van der Waals surface area contributed by atoms with Crippen LogP contribution >= 0.6 is 0 Å².